The third-order valence-corrected chi connectivity index (χ3v) is 3.85. The Morgan fingerprint density at radius 1 is 1.30 bits per heavy atom. The summed E-state index contributed by atoms with van der Waals surface area (Å²) in [5.41, 5.74) is 2.88. The summed E-state index contributed by atoms with van der Waals surface area (Å²) in [6.07, 6.45) is 4.85. The van der Waals surface area contributed by atoms with Crippen LogP contribution in [0, 0.1) is 0 Å². The van der Waals surface area contributed by atoms with Crippen LogP contribution in [-0.2, 0) is 22.1 Å². The van der Waals surface area contributed by atoms with Gasteiger partial charge in [-0.15, -0.1) is 0 Å². The summed E-state index contributed by atoms with van der Waals surface area (Å²) in [7, 11) is 1.77. The Balaban J connectivity index is 1.94. The third kappa shape index (κ3) is 3.01. The summed E-state index contributed by atoms with van der Waals surface area (Å²) < 4.78 is 3.58. The summed E-state index contributed by atoms with van der Waals surface area (Å²) in [5.74, 6) is -0.214. The van der Waals surface area contributed by atoms with Crippen LogP contribution in [0.15, 0.2) is 48.9 Å². The maximum atomic E-state index is 12.5. The van der Waals surface area contributed by atoms with Crippen LogP contribution < -0.4 is 5.32 Å². The van der Waals surface area contributed by atoms with Crippen molar-refractivity contribution in [3.63, 3.8) is 0 Å². The van der Waals surface area contributed by atoms with Crippen molar-refractivity contribution in [3.05, 3.63) is 54.5 Å². The molecular formula is C16H15N5NiO. The van der Waals surface area contributed by atoms with Crippen molar-refractivity contribution in [1.82, 2.24) is 19.6 Å². The molecule has 0 unspecified atom stereocenters. The van der Waals surface area contributed by atoms with Crippen LogP contribution in [0.25, 0.3) is 10.9 Å². The number of nitrogens with zero attached hydrogens (tertiary/aromatic N) is 4. The fourth-order valence-electron chi connectivity index (χ4n) is 2.15. The summed E-state index contributed by atoms with van der Waals surface area (Å²) in [4.78, 5) is 12.5. The van der Waals surface area contributed by atoms with E-state index in [1.54, 1.807) is 24.1 Å². The first-order valence-electron chi connectivity index (χ1n) is 6.89. The quantitative estimate of drug-likeness (QED) is 0.731. The molecule has 0 aliphatic heterocycles. The van der Waals surface area contributed by atoms with Crippen molar-refractivity contribution in [1.29, 1.82) is 0 Å². The van der Waals surface area contributed by atoms with Crippen LogP contribution in [0.4, 0.5) is 5.69 Å². The molecule has 2 aromatic heterocycles. The SMILES string of the molecule is C=C(C)[C](=[Ni])Nc1ccc2c(cnn2C(=O)c2cnn(C)c2)c1. The van der Waals surface area contributed by atoms with Crippen molar-refractivity contribution >= 4 is 27.1 Å². The normalized spacial score (nSPS) is 10.8. The van der Waals surface area contributed by atoms with E-state index in [1.807, 2.05) is 25.1 Å². The fraction of sp³-hybridized carbons (Fsp3) is 0.125. The van der Waals surface area contributed by atoms with Gasteiger partial charge in [0.2, 0.25) is 0 Å². The van der Waals surface area contributed by atoms with Gasteiger partial charge in [-0.2, -0.15) is 0 Å². The average Bonchev–Trinajstić information content (AvgIpc) is 3.12. The van der Waals surface area contributed by atoms with Crippen LogP contribution in [0.5, 0.6) is 0 Å². The van der Waals surface area contributed by atoms with E-state index in [2.05, 4.69) is 22.1 Å². The zero-order valence-electron chi connectivity index (χ0n) is 12.7. The van der Waals surface area contributed by atoms with Crippen LogP contribution in [0.1, 0.15) is 17.3 Å². The Bertz CT molecular complexity index is 937. The van der Waals surface area contributed by atoms with Gasteiger partial charge < -0.3 is 0 Å². The van der Waals surface area contributed by atoms with E-state index >= 15 is 0 Å². The molecule has 0 aliphatic carbocycles. The number of hydrogen-bond acceptors (Lipinski definition) is 4. The molecule has 0 amide bonds. The van der Waals surface area contributed by atoms with Gasteiger partial charge >= 0.3 is 140 Å². The molecule has 0 fully saturated rings. The molecule has 23 heavy (non-hydrogen) atoms. The minimum atomic E-state index is -0.214. The molecule has 120 valence electrons. The van der Waals surface area contributed by atoms with Gasteiger partial charge in [0.25, 0.3) is 0 Å². The van der Waals surface area contributed by atoms with E-state index in [4.69, 9.17) is 15.0 Å². The maximum absolute atomic E-state index is 12.5. The van der Waals surface area contributed by atoms with Gasteiger partial charge in [-0.05, 0) is 0 Å². The topological polar surface area (TPSA) is 64.7 Å². The molecule has 0 spiro atoms. The number of aromatic nitrogens is 4. The number of carbonyl (C=O) groups excluding carboxylic acids is 1. The standard InChI is InChI=1S/C16H15N5O.Ni/c1-11(2)7-17-14-4-5-15-12(6-14)8-19-21(15)16(22)13-9-18-20(3)10-13;/h4-6,8-10,17H,1H2,2-3H3;. The predicted molar refractivity (Wildman–Crippen MR) is 86.1 cm³/mol. The van der Waals surface area contributed by atoms with E-state index in [-0.39, 0.29) is 5.91 Å². The first-order valence-corrected chi connectivity index (χ1v) is 7.38. The van der Waals surface area contributed by atoms with Gasteiger partial charge in [0.15, 0.2) is 0 Å². The third-order valence-electron chi connectivity index (χ3n) is 3.31. The molecule has 0 atom stereocenters. The van der Waals surface area contributed by atoms with Crippen molar-refractivity contribution in [3.8, 4) is 0 Å². The number of anilines is 1. The molecule has 0 bridgehead atoms. The van der Waals surface area contributed by atoms with Crippen LogP contribution in [0.2, 0.25) is 0 Å². The van der Waals surface area contributed by atoms with Gasteiger partial charge in [0, 0.05) is 0 Å². The molecule has 1 N–H and O–H groups in total. The first kappa shape index (κ1) is 15.4. The number of benzene rings is 1. The van der Waals surface area contributed by atoms with Crippen LogP contribution in [0.3, 0.4) is 0 Å². The molecule has 6 nitrogen and oxygen atoms in total. The summed E-state index contributed by atoms with van der Waals surface area (Å²) >= 11 is 4.88. The van der Waals surface area contributed by atoms with Gasteiger partial charge in [-0.3, -0.25) is 0 Å². The zero-order valence-corrected chi connectivity index (χ0v) is 13.7. The number of carbonyl (C=O) groups is 1. The van der Waals surface area contributed by atoms with Gasteiger partial charge in [-0.25, -0.2) is 0 Å². The summed E-state index contributed by atoms with van der Waals surface area (Å²) in [5, 5.41) is 12.2. The Morgan fingerprint density at radius 3 is 2.74 bits per heavy atom. The zero-order chi connectivity index (χ0) is 16.6. The van der Waals surface area contributed by atoms with E-state index in [0.717, 1.165) is 22.2 Å². The van der Waals surface area contributed by atoms with Gasteiger partial charge in [0.1, 0.15) is 0 Å². The number of nitrogens with one attached hydrogen (secondary N) is 1. The fourth-order valence-corrected chi connectivity index (χ4v) is 2.29. The Kier molecular flexibility index (Phi) is 3.96. The second-order valence-electron chi connectivity index (χ2n) is 5.23. The van der Waals surface area contributed by atoms with E-state index < -0.39 is 0 Å². The predicted octanol–water partition coefficient (Wildman–Crippen LogP) is 2.12. The molecule has 3 aromatic rings. The molecule has 2 heterocycles. The molecule has 0 saturated heterocycles. The van der Waals surface area contributed by atoms with Crippen molar-refractivity contribution < 1.29 is 19.8 Å². The molecule has 0 aliphatic rings. The second kappa shape index (κ2) is 5.93. The van der Waals surface area contributed by atoms with Crippen LogP contribution >= 0.6 is 0 Å². The molecular weight excluding hydrogens is 337 g/mol. The van der Waals surface area contributed by atoms with Crippen molar-refractivity contribution in [2.24, 2.45) is 7.05 Å². The first-order chi connectivity index (χ1) is 11.0. The Hall–Kier alpha value is -2.53. The van der Waals surface area contributed by atoms with E-state index in [9.17, 15) is 4.79 Å². The number of hydrogen-bond donors (Lipinski definition) is 1. The van der Waals surface area contributed by atoms with E-state index in [1.165, 1.54) is 10.9 Å². The average molecular weight is 352 g/mol. The molecule has 0 radical (unpaired) electrons. The number of rotatable bonds is 4. The Labute approximate surface area is 140 Å². The van der Waals surface area contributed by atoms with Crippen molar-refractivity contribution in [2.75, 3.05) is 5.32 Å². The van der Waals surface area contributed by atoms with Gasteiger partial charge in [-0.1, -0.05) is 0 Å². The number of fused-ring (bicyclic) bond motifs is 1. The minimum absolute atomic E-state index is 0.214. The monoisotopic (exact) mass is 351 g/mol. The number of aryl methyl sites for hydroxylation is 1. The Morgan fingerprint density at radius 2 is 2.09 bits per heavy atom. The van der Waals surface area contributed by atoms with Crippen LogP contribution in [-0.4, -0.2) is 30.1 Å². The van der Waals surface area contributed by atoms with E-state index in [0.29, 0.717) is 10.2 Å². The summed E-state index contributed by atoms with van der Waals surface area (Å²) in [6.45, 7) is 5.67. The summed E-state index contributed by atoms with van der Waals surface area (Å²) in [6, 6.07) is 5.60. The second-order valence-corrected chi connectivity index (χ2v) is 5.72. The molecule has 1 aromatic carbocycles. The molecule has 0 saturated carbocycles. The molecule has 3 rings (SSSR count). The van der Waals surface area contributed by atoms with Gasteiger partial charge in [0.05, 0.1) is 0 Å². The molecule has 7 heteroatoms. The van der Waals surface area contributed by atoms with Crippen molar-refractivity contribution in [2.45, 2.75) is 6.92 Å².